The molecule has 0 aliphatic heterocycles. The molecular formula is C20H24N2O4. The van der Waals surface area contributed by atoms with E-state index in [0.717, 1.165) is 11.1 Å². The van der Waals surface area contributed by atoms with Gasteiger partial charge in [0.2, 0.25) is 5.91 Å². The lowest BCUT2D eigenvalue weighted by atomic mass is 9.75. The summed E-state index contributed by atoms with van der Waals surface area (Å²) in [6.07, 6.45) is 4.37. The normalized spacial score (nSPS) is 20.1. The molecule has 0 radical (unpaired) electrons. The fraction of sp³-hybridized carbons (Fsp3) is 0.400. The third-order valence-corrected chi connectivity index (χ3v) is 4.61. The van der Waals surface area contributed by atoms with Gasteiger partial charge in [-0.3, -0.25) is 9.78 Å². The summed E-state index contributed by atoms with van der Waals surface area (Å²) >= 11 is 0. The zero-order valence-electron chi connectivity index (χ0n) is 14.8. The van der Waals surface area contributed by atoms with Crippen LogP contribution in [0.4, 0.5) is 0 Å². The standard InChI is InChI=1S/C20H24N2O4/c1-25-18-9-16(10-21-11-18)20(15-7-17(23)8-15)22-19(24)13-26-12-14-5-3-2-4-6-14/h2-6,9-11,15,17,20,23H,7-8,12-13H2,1H3,(H,22,24)/t15?,17?,20-/m1/s1. The van der Waals surface area contributed by atoms with Crippen molar-refractivity contribution in [1.29, 1.82) is 0 Å². The number of nitrogens with zero attached hydrogens (tertiary/aromatic N) is 1. The summed E-state index contributed by atoms with van der Waals surface area (Å²) in [5.41, 5.74) is 1.90. The van der Waals surface area contributed by atoms with Gasteiger partial charge >= 0.3 is 0 Å². The van der Waals surface area contributed by atoms with Crippen LogP contribution in [0.1, 0.15) is 30.0 Å². The molecule has 3 rings (SSSR count). The highest BCUT2D eigenvalue weighted by Gasteiger charge is 2.36. The Kier molecular flexibility index (Phi) is 6.20. The van der Waals surface area contributed by atoms with E-state index < -0.39 is 0 Å². The van der Waals surface area contributed by atoms with Crippen molar-refractivity contribution in [3.63, 3.8) is 0 Å². The predicted molar refractivity (Wildman–Crippen MR) is 96.5 cm³/mol. The third-order valence-electron chi connectivity index (χ3n) is 4.61. The van der Waals surface area contributed by atoms with Gasteiger partial charge in [0.05, 0.1) is 32.1 Å². The number of hydrogen-bond acceptors (Lipinski definition) is 5. The van der Waals surface area contributed by atoms with E-state index in [1.165, 1.54) is 0 Å². The molecule has 26 heavy (non-hydrogen) atoms. The highest BCUT2D eigenvalue weighted by atomic mass is 16.5. The number of aliphatic hydroxyl groups excluding tert-OH is 1. The largest absolute Gasteiger partial charge is 0.495 e. The van der Waals surface area contributed by atoms with Crippen molar-refractivity contribution < 1.29 is 19.4 Å². The van der Waals surface area contributed by atoms with Gasteiger partial charge in [0.25, 0.3) is 0 Å². The summed E-state index contributed by atoms with van der Waals surface area (Å²) in [6.45, 7) is 0.375. The lowest BCUT2D eigenvalue weighted by Gasteiger charge is -2.38. The van der Waals surface area contributed by atoms with Gasteiger partial charge in [-0.2, -0.15) is 0 Å². The first kappa shape index (κ1) is 18.4. The molecule has 1 aliphatic carbocycles. The molecule has 0 unspecified atom stereocenters. The highest BCUT2D eigenvalue weighted by Crippen LogP contribution is 2.38. The molecule has 138 valence electrons. The molecule has 6 heteroatoms. The van der Waals surface area contributed by atoms with Crippen molar-refractivity contribution in [1.82, 2.24) is 10.3 Å². The number of aliphatic hydroxyl groups is 1. The molecule has 1 atom stereocenters. The summed E-state index contributed by atoms with van der Waals surface area (Å²) < 4.78 is 10.7. The minimum Gasteiger partial charge on any atom is -0.495 e. The zero-order valence-corrected chi connectivity index (χ0v) is 14.8. The Hall–Kier alpha value is -2.44. The van der Waals surface area contributed by atoms with Crippen LogP contribution in [0, 0.1) is 5.92 Å². The minimum atomic E-state index is -0.299. The van der Waals surface area contributed by atoms with Crippen molar-refractivity contribution in [2.45, 2.75) is 31.6 Å². The molecule has 1 saturated carbocycles. The van der Waals surface area contributed by atoms with E-state index >= 15 is 0 Å². The van der Waals surface area contributed by atoms with Crippen molar-refractivity contribution in [2.24, 2.45) is 5.92 Å². The molecule has 0 spiro atoms. The van der Waals surface area contributed by atoms with Crippen molar-refractivity contribution >= 4 is 5.91 Å². The number of nitrogens with one attached hydrogen (secondary N) is 1. The Morgan fingerprint density at radius 2 is 2.08 bits per heavy atom. The minimum absolute atomic E-state index is 0.0158. The van der Waals surface area contributed by atoms with Gasteiger partial charge in [0.1, 0.15) is 12.4 Å². The van der Waals surface area contributed by atoms with E-state index in [9.17, 15) is 9.90 Å². The second kappa shape index (κ2) is 8.78. The smallest absolute Gasteiger partial charge is 0.246 e. The lowest BCUT2D eigenvalue weighted by Crippen LogP contribution is -2.42. The Balaban J connectivity index is 1.59. The number of amides is 1. The molecule has 2 N–H and O–H groups in total. The molecule has 6 nitrogen and oxygen atoms in total. The number of methoxy groups -OCH3 is 1. The first-order valence-corrected chi connectivity index (χ1v) is 8.73. The number of carbonyl (C=O) groups is 1. The van der Waals surface area contributed by atoms with Crippen LogP contribution >= 0.6 is 0 Å². The molecule has 0 saturated heterocycles. The Bertz CT molecular complexity index is 717. The zero-order chi connectivity index (χ0) is 18.4. The molecule has 1 aromatic heterocycles. The number of rotatable bonds is 8. The van der Waals surface area contributed by atoms with Crippen LogP contribution in [0.5, 0.6) is 5.75 Å². The first-order chi connectivity index (χ1) is 12.7. The second-order valence-electron chi connectivity index (χ2n) is 6.57. The number of hydrogen-bond donors (Lipinski definition) is 2. The number of aromatic nitrogens is 1. The summed E-state index contributed by atoms with van der Waals surface area (Å²) in [6, 6.07) is 11.4. The average molecular weight is 356 g/mol. The van der Waals surface area contributed by atoms with E-state index in [-0.39, 0.29) is 30.6 Å². The molecule has 1 aliphatic rings. The van der Waals surface area contributed by atoms with Crippen molar-refractivity contribution in [3.8, 4) is 5.75 Å². The average Bonchev–Trinajstić information content (AvgIpc) is 2.65. The molecule has 1 amide bonds. The topological polar surface area (TPSA) is 80.7 Å². The van der Waals surface area contributed by atoms with Crippen LogP contribution in [0.3, 0.4) is 0 Å². The molecule has 2 aromatic rings. The van der Waals surface area contributed by atoms with E-state index in [1.807, 2.05) is 36.4 Å². The molecule has 1 fully saturated rings. The maximum Gasteiger partial charge on any atom is 0.246 e. The Labute approximate surface area is 153 Å². The SMILES string of the molecule is COc1cncc([C@H](NC(=O)COCc2ccccc2)C2CC(O)C2)c1. The van der Waals surface area contributed by atoms with E-state index in [0.29, 0.717) is 25.2 Å². The van der Waals surface area contributed by atoms with Crippen LogP contribution in [-0.2, 0) is 16.1 Å². The molecule has 1 heterocycles. The van der Waals surface area contributed by atoms with Gasteiger partial charge in [-0.1, -0.05) is 30.3 Å². The molecule has 0 bridgehead atoms. The number of pyridine rings is 1. The lowest BCUT2D eigenvalue weighted by molar-refractivity contribution is -0.128. The summed E-state index contributed by atoms with van der Waals surface area (Å²) in [4.78, 5) is 16.5. The summed E-state index contributed by atoms with van der Waals surface area (Å²) in [7, 11) is 1.58. The van der Waals surface area contributed by atoms with Gasteiger partial charge in [-0.25, -0.2) is 0 Å². The van der Waals surface area contributed by atoms with E-state index in [1.54, 1.807) is 19.5 Å². The van der Waals surface area contributed by atoms with E-state index in [2.05, 4.69) is 10.3 Å². The number of carbonyl (C=O) groups excluding carboxylic acids is 1. The second-order valence-corrected chi connectivity index (χ2v) is 6.57. The van der Waals surface area contributed by atoms with Crippen molar-refractivity contribution in [2.75, 3.05) is 13.7 Å². The molecule has 1 aromatic carbocycles. The molecular weight excluding hydrogens is 332 g/mol. The van der Waals surface area contributed by atoms with Gasteiger partial charge in [0, 0.05) is 6.20 Å². The van der Waals surface area contributed by atoms with E-state index in [4.69, 9.17) is 9.47 Å². The van der Waals surface area contributed by atoms with Gasteiger partial charge in [-0.15, -0.1) is 0 Å². The maximum atomic E-state index is 12.3. The van der Waals surface area contributed by atoms with Gasteiger partial charge < -0.3 is 19.9 Å². The predicted octanol–water partition coefficient (Wildman–Crippen LogP) is 2.24. The van der Waals surface area contributed by atoms with Crippen LogP contribution in [0.15, 0.2) is 48.8 Å². The van der Waals surface area contributed by atoms with Crippen LogP contribution in [0.25, 0.3) is 0 Å². The first-order valence-electron chi connectivity index (χ1n) is 8.73. The summed E-state index contributed by atoms with van der Waals surface area (Å²) in [5.74, 6) is 0.633. The number of ether oxygens (including phenoxy) is 2. The van der Waals surface area contributed by atoms with Crippen LogP contribution < -0.4 is 10.1 Å². The maximum absolute atomic E-state index is 12.3. The van der Waals surface area contributed by atoms with Crippen molar-refractivity contribution in [3.05, 3.63) is 59.9 Å². The quantitative estimate of drug-likeness (QED) is 0.758. The fourth-order valence-electron chi connectivity index (χ4n) is 3.14. The van der Waals surface area contributed by atoms with Gasteiger partial charge in [0.15, 0.2) is 0 Å². The van der Waals surface area contributed by atoms with Gasteiger partial charge in [-0.05, 0) is 36.0 Å². The van der Waals surface area contributed by atoms with Crippen LogP contribution in [-0.4, -0.2) is 35.8 Å². The Morgan fingerprint density at radius 1 is 1.31 bits per heavy atom. The summed E-state index contributed by atoms with van der Waals surface area (Å²) in [5, 5.41) is 12.7. The monoisotopic (exact) mass is 356 g/mol. The highest BCUT2D eigenvalue weighted by molar-refractivity contribution is 5.77. The third kappa shape index (κ3) is 4.80. The fourth-order valence-corrected chi connectivity index (χ4v) is 3.14. The van der Waals surface area contributed by atoms with Crippen LogP contribution in [0.2, 0.25) is 0 Å². The Morgan fingerprint density at radius 3 is 2.77 bits per heavy atom. The number of benzene rings is 1.